The van der Waals surface area contributed by atoms with Crippen LogP contribution in [0.3, 0.4) is 0 Å². The van der Waals surface area contributed by atoms with Gasteiger partial charge in [-0.05, 0) is 24.6 Å². The van der Waals surface area contributed by atoms with E-state index in [-0.39, 0.29) is 5.95 Å². The molecule has 0 bridgehead atoms. The average Bonchev–Trinajstić information content (AvgIpc) is 2.51. The van der Waals surface area contributed by atoms with Crippen LogP contribution in [0.1, 0.15) is 5.56 Å². The van der Waals surface area contributed by atoms with Crippen LogP contribution in [0.2, 0.25) is 5.02 Å². The van der Waals surface area contributed by atoms with Crippen molar-refractivity contribution in [1.82, 2.24) is 15.0 Å². The first-order valence-electron chi connectivity index (χ1n) is 6.99. The van der Waals surface area contributed by atoms with Gasteiger partial charge in [0.2, 0.25) is 17.8 Å². The van der Waals surface area contributed by atoms with E-state index in [9.17, 15) is 0 Å². The third kappa shape index (κ3) is 3.37. The first-order chi connectivity index (χ1) is 10.6. The van der Waals surface area contributed by atoms with Gasteiger partial charge in [-0.3, -0.25) is 0 Å². The van der Waals surface area contributed by atoms with Gasteiger partial charge in [-0.1, -0.05) is 17.7 Å². The molecule has 0 atom stereocenters. The van der Waals surface area contributed by atoms with Gasteiger partial charge >= 0.3 is 0 Å². The molecule has 8 heteroatoms. The molecule has 1 saturated heterocycles. The lowest BCUT2D eigenvalue weighted by Crippen LogP contribution is -2.37. The minimum absolute atomic E-state index is 0.178. The number of nitrogens with two attached hydrogens (primary N) is 1. The quantitative estimate of drug-likeness (QED) is 0.894. The highest BCUT2D eigenvalue weighted by Crippen LogP contribution is 2.23. The van der Waals surface area contributed by atoms with Crippen molar-refractivity contribution in [1.29, 1.82) is 0 Å². The maximum absolute atomic E-state index is 6.12. The van der Waals surface area contributed by atoms with Crippen LogP contribution >= 0.6 is 11.6 Å². The lowest BCUT2D eigenvalue weighted by molar-refractivity contribution is 0.122. The van der Waals surface area contributed by atoms with Gasteiger partial charge in [0, 0.05) is 23.8 Å². The number of halogens is 1. The number of ether oxygens (including phenoxy) is 1. The number of nitrogens with one attached hydrogen (secondary N) is 1. The van der Waals surface area contributed by atoms with Crippen LogP contribution in [0.25, 0.3) is 0 Å². The number of aryl methyl sites for hydroxylation is 1. The van der Waals surface area contributed by atoms with Crippen LogP contribution in [0.15, 0.2) is 18.2 Å². The van der Waals surface area contributed by atoms with E-state index >= 15 is 0 Å². The Morgan fingerprint density at radius 2 is 2.00 bits per heavy atom. The molecule has 0 unspecified atom stereocenters. The third-order valence-electron chi connectivity index (χ3n) is 3.36. The summed E-state index contributed by atoms with van der Waals surface area (Å²) in [4.78, 5) is 14.8. The van der Waals surface area contributed by atoms with E-state index in [4.69, 9.17) is 22.1 Å². The Morgan fingerprint density at radius 1 is 1.23 bits per heavy atom. The van der Waals surface area contributed by atoms with Crippen LogP contribution in [0.4, 0.5) is 23.5 Å². The number of morpholine rings is 1. The summed E-state index contributed by atoms with van der Waals surface area (Å²) >= 11 is 6.12. The Kier molecular flexibility index (Phi) is 4.26. The van der Waals surface area contributed by atoms with Gasteiger partial charge in [0.15, 0.2) is 0 Å². The topological polar surface area (TPSA) is 89.2 Å². The summed E-state index contributed by atoms with van der Waals surface area (Å²) < 4.78 is 5.33. The van der Waals surface area contributed by atoms with E-state index in [1.54, 1.807) is 0 Å². The van der Waals surface area contributed by atoms with Gasteiger partial charge in [-0.15, -0.1) is 0 Å². The van der Waals surface area contributed by atoms with Gasteiger partial charge in [-0.2, -0.15) is 15.0 Å². The predicted molar refractivity (Wildman–Crippen MR) is 86.7 cm³/mol. The molecule has 7 nitrogen and oxygen atoms in total. The number of aromatic nitrogens is 3. The first-order valence-corrected chi connectivity index (χ1v) is 7.37. The highest BCUT2D eigenvalue weighted by atomic mass is 35.5. The van der Waals surface area contributed by atoms with Gasteiger partial charge in [0.1, 0.15) is 0 Å². The van der Waals surface area contributed by atoms with Gasteiger partial charge < -0.3 is 20.7 Å². The van der Waals surface area contributed by atoms with E-state index < -0.39 is 0 Å². The molecule has 1 fully saturated rings. The highest BCUT2D eigenvalue weighted by molar-refractivity contribution is 6.31. The van der Waals surface area contributed by atoms with Crippen molar-refractivity contribution in [3.63, 3.8) is 0 Å². The second-order valence-corrected chi connectivity index (χ2v) is 5.41. The fourth-order valence-corrected chi connectivity index (χ4v) is 2.32. The van der Waals surface area contributed by atoms with Gasteiger partial charge in [-0.25, -0.2) is 0 Å². The van der Waals surface area contributed by atoms with Gasteiger partial charge in [0.25, 0.3) is 0 Å². The Bertz CT molecular complexity index is 674. The Balaban J connectivity index is 1.83. The van der Waals surface area contributed by atoms with Crippen LogP contribution < -0.4 is 16.0 Å². The summed E-state index contributed by atoms with van der Waals surface area (Å²) in [6.07, 6.45) is 0. The summed E-state index contributed by atoms with van der Waals surface area (Å²) in [5.41, 5.74) is 7.60. The monoisotopic (exact) mass is 320 g/mol. The van der Waals surface area contributed by atoms with E-state index in [1.807, 2.05) is 30.0 Å². The largest absolute Gasteiger partial charge is 0.378 e. The molecule has 0 radical (unpaired) electrons. The molecule has 3 rings (SSSR count). The van der Waals surface area contributed by atoms with Crippen LogP contribution in [-0.2, 0) is 4.74 Å². The van der Waals surface area contributed by atoms with Crippen LogP contribution in [0.5, 0.6) is 0 Å². The SMILES string of the molecule is Cc1ccc(Nc2nc(N)nc(N3CCOCC3)n2)cc1Cl. The summed E-state index contributed by atoms with van der Waals surface area (Å²) in [5, 5.41) is 3.79. The molecule has 0 saturated carbocycles. The molecular weight excluding hydrogens is 304 g/mol. The standard InChI is InChI=1S/C14H17ClN6O/c1-9-2-3-10(8-11(9)15)17-13-18-12(16)19-14(20-13)21-4-6-22-7-5-21/h2-3,8H,4-7H2,1H3,(H3,16,17,18,19,20). The van der Waals surface area contributed by atoms with Crippen molar-refractivity contribution < 1.29 is 4.74 Å². The number of rotatable bonds is 3. The summed E-state index contributed by atoms with van der Waals surface area (Å²) in [5.74, 6) is 1.13. The van der Waals surface area contributed by atoms with Crippen molar-refractivity contribution in [3.05, 3.63) is 28.8 Å². The van der Waals surface area contributed by atoms with Crippen molar-refractivity contribution in [2.24, 2.45) is 0 Å². The van der Waals surface area contributed by atoms with Crippen molar-refractivity contribution >= 4 is 35.1 Å². The molecule has 0 amide bonds. The number of nitrogens with zero attached hydrogens (tertiary/aromatic N) is 4. The molecule has 1 aliphatic heterocycles. The highest BCUT2D eigenvalue weighted by Gasteiger charge is 2.16. The second-order valence-electron chi connectivity index (χ2n) is 5.01. The molecule has 0 aliphatic carbocycles. The molecule has 116 valence electrons. The number of hydrogen-bond donors (Lipinski definition) is 2. The van der Waals surface area contributed by atoms with Crippen LogP contribution in [-0.4, -0.2) is 41.3 Å². The molecule has 2 aromatic rings. The number of anilines is 4. The molecule has 1 aromatic heterocycles. The fourth-order valence-electron chi connectivity index (χ4n) is 2.14. The summed E-state index contributed by atoms with van der Waals surface area (Å²) in [6, 6.07) is 5.67. The lowest BCUT2D eigenvalue weighted by Gasteiger charge is -2.26. The number of benzene rings is 1. The van der Waals surface area contributed by atoms with Crippen molar-refractivity contribution in [2.75, 3.05) is 42.3 Å². The van der Waals surface area contributed by atoms with Crippen molar-refractivity contribution in [3.8, 4) is 0 Å². The van der Waals surface area contributed by atoms with E-state index in [2.05, 4.69) is 20.3 Å². The normalized spacial score (nSPS) is 14.9. The summed E-state index contributed by atoms with van der Waals surface area (Å²) in [6.45, 7) is 4.73. The fraction of sp³-hybridized carbons (Fsp3) is 0.357. The van der Waals surface area contributed by atoms with E-state index in [0.29, 0.717) is 30.1 Å². The van der Waals surface area contributed by atoms with E-state index in [1.165, 1.54) is 0 Å². The zero-order valence-electron chi connectivity index (χ0n) is 12.2. The Morgan fingerprint density at radius 3 is 2.73 bits per heavy atom. The molecule has 3 N–H and O–H groups in total. The molecule has 1 aromatic carbocycles. The second kappa shape index (κ2) is 6.33. The number of nitrogen functional groups attached to an aromatic ring is 1. The molecule has 0 spiro atoms. The number of hydrogen-bond acceptors (Lipinski definition) is 7. The maximum Gasteiger partial charge on any atom is 0.233 e. The minimum Gasteiger partial charge on any atom is -0.378 e. The molecule has 1 aliphatic rings. The molecule has 2 heterocycles. The zero-order valence-corrected chi connectivity index (χ0v) is 13.0. The Labute approximate surface area is 133 Å². The van der Waals surface area contributed by atoms with Crippen molar-refractivity contribution in [2.45, 2.75) is 6.92 Å². The van der Waals surface area contributed by atoms with Crippen LogP contribution in [0, 0.1) is 6.92 Å². The zero-order chi connectivity index (χ0) is 15.5. The maximum atomic E-state index is 6.12. The predicted octanol–water partition coefficient (Wildman–Crippen LogP) is 2.00. The molecule has 22 heavy (non-hydrogen) atoms. The third-order valence-corrected chi connectivity index (χ3v) is 3.77. The Hall–Kier alpha value is -2.12. The van der Waals surface area contributed by atoms with E-state index in [0.717, 1.165) is 24.3 Å². The average molecular weight is 321 g/mol. The molecular formula is C14H17ClN6O. The van der Waals surface area contributed by atoms with Gasteiger partial charge in [0.05, 0.1) is 13.2 Å². The minimum atomic E-state index is 0.178. The summed E-state index contributed by atoms with van der Waals surface area (Å²) in [7, 11) is 0. The smallest absolute Gasteiger partial charge is 0.233 e. The lowest BCUT2D eigenvalue weighted by atomic mass is 10.2. The first kappa shape index (κ1) is 14.8.